The first-order chi connectivity index (χ1) is 13.3. The normalized spacial score (nSPS) is 15.0. The van der Waals surface area contributed by atoms with E-state index in [1.807, 2.05) is 47.5 Å². The van der Waals surface area contributed by atoms with Gasteiger partial charge < -0.3 is 14.6 Å². The summed E-state index contributed by atoms with van der Waals surface area (Å²) >= 11 is 12.2. The van der Waals surface area contributed by atoms with E-state index in [1.165, 1.54) is 0 Å². The second kappa shape index (κ2) is 6.90. The average molecular weight is 419 g/mol. The van der Waals surface area contributed by atoms with Crippen molar-refractivity contribution in [3.63, 3.8) is 0 Å². The van der Waals surface area contributed by atoms with Gasteiger partial charge in [-0.3, -0.25) is 4.79 Å². The molecule has 0 aliphatic carbocycles. The number of nitrogens with zero attached hydrogens (tertiary/aromatic N) is 5. The Kier molecular flexibility index (Phi) is 4.67. The summed E-state index contributed by atoms with van der Waals surface area (Å²) in [6.45, 7) is 6.79. The maximum Gasteiger partial charge on any atom is 0.227 e. The fourth-order valence-electron chi connectivity index (χ4n) is 3.41. The van der Waals surface area contributed by atoms with E-state index in [0.29, 0.717) is 29.6 Å². The molecule has 9 heteroatoms. The third kappa shape index (κ3) is 3.29. The molecule has 3 aromatic rings. The van der Waals surface area contributed by atoms with Crippen LogP contribution in [0, 0.1) is 12.8 Å². The van der Waals surface area contributed by atoms with Crippen LogP contribution in [-0.4, -0.2) is 38.3 Å². The lowest BCUT2D eigenvalue weighted by molar-refractivity contribution is -0.127. The molecule has 1 aliphatic heterocycles. The number of hydrogen-bond donors (Lipinski definition) is 1. The predicted octanol–water partition coefficient (Wildman–Crippen LogP) is 3.23. The first-order valence-corrected chi connectivity index (χ1v) is 9.71. The summed E-state index contributed by atoms with van der Waals surface area (Å²) in [5.74, 6) is 0.410. The topological polar surface area (TPSA) is 75.4 Å². The largest absolute Gasteiger partial charge is 0.353 e. The molecule has 0 saturated carbocycles. The number of carbonyl (C=O) groups excluding carboxylic acids is 1. The number of imidazole rings is 1. The molecule has 1 aliphatic rings. The maximum atomic E-state index is 12.8. The fraction of sp³-hybridized carbons (Fsp3) is 0.368. The fourth-order valence-corrected chi connectivity index (χ4v) is 3.82. The summed E-state index contributed by atoms with van der Waals surface area (Å²) in [4.78, 5) is 27.4. The number of pyridine rings is 1. The number of amides is 1. The monoisotopic (exact) mass is 418 g/mol. The van der Waals surface area contributed by atoms with Crippen LogP contribution in [0.25, 0.3) is 5.65 Å². The molecule has 4 rings (SSSR count). The summed E-state index contributed by atoms with van der Waals surface area (Å²) in [6.07, 6.45) is 3.74. The number of aromatic nitrogens is 4. The van der Waals surface area contributed by atoms with Gasteiger partial charge in [-0.1, -0.05) is 17.7 Å². The molecule has 146 valence electrons. The first-order valence-electron chi connectivity index (χ1n) is 8.95. The lowest BCUT2D eigenvalue weighted by Gasteiger charge is -2.41. The van der Waals surface area contributed by atoms with Gasteiger partial charge in [0, 0.05) is 19.3 Å². The van der Waals surface area contributed by atoms with Gasteiger partial charge >= 0.3 is 0 Å². The number of aryl methyl sites for hydroxylation is 1. The van der Waals surface area contributed by atoms with Gasteiger partial charge in [0.05, 0.1) is 29.0 Å². The summed E-state index contributed by atoms with van der Waals surface area (Å²) in [5.41, 5.74) is 1.83. The second-order valence-electron chi connectivity index (χ2n) is 7.50. The Balaban J connectivity index is 1.45. The predicted molar refractivity (Wildman–Crippen MR) is 109 cm³/mol. The Morgan fingerprint density at radius 3 is 2.75 bits per heavy atom. The highest BCUT2D eigenvalue weighted by Crippen LogP contribution is 2.32. The smallest absolute Gasteiger partial charge is 0.227 e. The van der Waals surface area contributed by atoms with Crippen LogP contribution in [0.15, 0.2) is 30.6 Å². The minimum atomic E-state index is -0.565. The molecule has 1 amide bonds. The number of fused-ring (bicyclic) bond motifs is 1. The van der Waals surface area contributed by atoms with Gasteiger partial charge in [0.1, 0.15) is 10.7 Å². The van der Waals surface area contributed by atoms with Crippen molar-refractivity contribution in [2.45, 2.75) is 26.3 Å². The molecule has 0 unspecified atom stereocenters. The highest BCUT2D eigenvalue weighted by molar-refractivity contribution is 6.34. The molecule has 28 heavy (non-hydrogen) atoms. The van der Waals surface area contributed by atoms with Crippen molar-refractivity contribution < 1.29 is 4.79 Å². The summed E-state index contributed by atoms with van der Waals surface area (Å²) in [5, 5.41) is 3.76. The zero-order chi connectivity index (χ0) is 20.1. The molecule has 1 N–H and O–H groups in total. The van der Waals surface area contributed by atoms with Crippen LogP contribution in [0.2, 0.25) is 10.3 Å². The van der Waals surface area contributed by atoms with Crippen LogP contribution in [0.5, 0.6) is 0 Å². The molecule has 3 aromatic heterocycles. The lowest BCUT2D eigenvalue weighted by atomic mass is 9.95. The molecule has 7 nitrogen and oxygen atoms in total. The zero-order valence-corrected chi connectivity index (χ0v) is 17.3. The number of halogens is 2. The third-order valence-corrected chi connectivity index (χ3v) is 5.63. The first kappa shape index (κ1) is 19.0. The van der Waals surface area contributed by atoms with Gasteiger partial charge in [-0.15, -0.1) is 0 Å². The van der Waals surface area contributed by atoms with Gasteiger partial charge in [-0.25, -0.2) is 9.97 Å². The molecule has 0 radical (unpaired) electrons. The van der Waals surface area contributed by atoms with E-state index in [9.17, 15) is 4.79 Å². The van der Waals surface area contributed by atoms with Crippen molar-refractivity contribution in [3.8, 4) is 0 Å². The van der Waals surface area contributed by atoms with Crippen molar-refractivity contribution in [1.82, 2.24) is 24.7 Å². The molecular formula is C19H20Cl2N6O. The SMILES string of the molecule is Cc1nc(Cl)nc(N2CC(C(=O)NC(C)(C)c3cnc4ccccn34)C2)c1Cl. The van der Waals surface area contributed by atoms with Gasteiger partial charge in [-0.2, -0.15) is 4.98 Å². The highest BCUT2D eigenvalue weighted by atomic mass is 35.5. The number of carbonyl (C=O) groups is 1. The Bertz CT molecular complexity index is 1060. The van der Waals surface area contributed by atoms with Crippen molar-refractivity contribution in [1.29, 1.82) is 0 Å². The van der Waals surface area contributed by atoms with Gasteiger partial charge in [0.15, 0.2) is 5.82 Å². The maximum absolute atomic E-state index is 12.8. The van der Waals surface area contributed by atoms with Crippen LogP contribution in [0.1, 0.15) is 25.2 Å². The van der Waals surface area contributed by atoms with Crippen LogP contribution in [0.4, 0.5) is 5.82 Å². The Hall–Kier alpha value is -2.38. The lowest BCUT2D eigenvalue weighted by Crippen LogP contribution is -2.57. The molecule has 4 heterocycles. The van der Waals surface area contributed by atoms with Gasteiger partial charge in [0.2, 0.25) is 11.2 Å². The minimum Gasteiger partial charge on any atom is -0.353 e. The quantitative estimate of drug-likeness (QED) is 0.658. The summed E-state index contributed by atoms with van der Waals surface area (Å²) in [6, 6.07) is 5.81. The molecule has 0 atom stereocenters. The molecule has 1 saturated heterocycles. The second-order valence-corrected chi connectivity index (χ2v) is 8.22. The zero-order valence-electron chi connectivity index (χ0n) is 15.8. The minimum absolute atomic E-state index is 0.0138. The average Bonchev–Trinajstić information content (AvgIpc) is 3.02. The molecule has 0 aromatic carbocycles. The summed E-state index contributed by atoms with van der Waals surface area (Å²) < 4.78 is 1.98. The number of anilines is 1. The number of nitrogens with one attached hydrogen (secondary N) is 1. The van der Waals surface area contributed by atoms with E-state index in [4.69, 9.17) is 23.2 Å². The van der Waals surface area contributed by atoms with E-state index >= 15 is 0 Å². The number of rotatable bonds is 4. The van der Waals surface area contributed by atoms with E-state index in [2.05, 4.69) is 20.3 Å². The standard InChI is InChI=1S/C19H20Cl2N6O/c1-11-15(20)16(24-18(21)23-11)26-9-12(10-26)17(28)25-19(2,3)13-8-22-14-6-4-5-7-27(13)14/h4-8,12H,9-10H2,1-3H3,(H,25,28). The van der Waals surface area contributed by atoms with Crippen molar-refractivity contribution in [2.75, 3.05) is 18.0 Å². The van der Waals surface area contributed by atoms with Crippen molar-refractivity contribution in [3.05, 3.63) is 52.3 Å². The van der Waals surface area contributed by atoms with Crippen LogP contribution >= 0.6 is 23.2 Å². The van der Waals surface area contributed by atoms with E-state index < -0.39 is 5.54 Å². The van der Waals surface area contributed by atoms with Crippen molar-refractivity contribution in [2.24, 2.45) is 5.92 Å². The van der Waals surface area contributed by atoms with E-state index in [-0.39, 0.29) is 17.1 Å². The van der Waals surface area contributed by atoms with Gasteiger partial charge in [-0.05, 0) is 44.5 Å². The van der Waals surface area contributed by atoms with Crippen LogP contribution in [0.3, 0.4) is 0 Å². The van der Waals surface area contributed by atoms with E-state index in [0.717, 1.165) is 11.3 Å². The molecular weight excluding hydrogens is 399 g/mol. The van der Waals surface area contributed by atoms with Crippen LogP contribution < -0.4 is 10.2 Å². The Labute approximate surface area is 172 Å². The molecule has 0 bridgehead atoms. The number of hydrogen-bond acceptors (Lipinski definition) is 5. The Morgan fingerprint density at radius 2 is 2.00 bits per heavy atom. The third-order valence-electron chi connectivity index (χ3n) is 5.02. The van der Waals surface area contributed by atoms with Crippen molar-refractivity contribution >= 4 is 40.6 Å². The van der Waals surface area contributed by atoms with Crippen LogP contribution in [-0.2, 0) is 10.3 Å². The Morgan fingerprint density at radius 1 is 1.25 bits per heavy atom. The highest BCUT2D eigenvalue weighted by Gasteiger charge is 2.38. The molecule has 1 fully saturated rings. The molecule has 0 spiro atoms. The van der Waals surface area contributed by atoms with E-state index in [1.54, 1.807) is 13.1 Å². The summed E-state index contributed by atoms with van der Waals surface area (Å²) in [7, 11) is 0. The van der Waals surface area contributed by atoms with Gasteiger partial charge in [0.25, 0.3) is 0 Å².